The average molecular weight is 291 g/mol. The number of hydrogen-bond donors (Lipinski definition) is 0. The van der Waals surface area contributed by atoms with Gasteiger partial charge in [0.2, 0.25) is 0 Å². The Morgan fingerprint density at radius 1 is 1.39 bits per heavy atom. The smallest absolute Gasteiger partial charge is 0.347 e. The number of ether oxygens (including phenoxy) is 2. The summed E-state index contributed by atoms with van der Waals surface area (Å²) in [6.07, 6.45) is -0.215. The van der Waals surface area contributed by atoms with Crippen molar-refractivity contribution in [1.82, 2.24) is 0 Å². The molecule has 0 aromatic heterocycles. The van der Waals surface area contributed by atoms with Gasteiger partial charge in [-0.2, -0.15) is 0 Å². The lowest BCUT2D eigenvalue weighted by molar-refractivity contribution is -0.150. The Hall–Kier alpha value is -1.26. The predicted molar refractivity (Wildman–Crippen MR) is 68.6 cm³/mol. The van der Waals surface area contributed by atoms with Crippen LogP contribution in [0.25, 0.3) is 0 Å². The predicted octanol–water partition coefficient (Wildman–Crippen LogP) is 3.14. The number of halogens is 2. The summed E-state index contributed by atoms with van der Waals surface area (Å²) in [7, 11) is 0. The van der Waals surface area contributed by atoms with Gasteiger partial charge in [-0.15, -0.1) is 0 Å². The molecule has 0 unspecified atom stereocenters. The minimum absolute atomic E-state index is 0.0948. The first-order chi connectivity index (χ1) is 8.51. The summed E-state index contributed by atoms with van der Waals surface area (Å²) in [4.78, 5) is 22.0. The molecule has 0 aliphatic rings. The van der Waals surface area contributed by atoms with E-state index in [0.717, 1.165) is 0 Å². The van der Waals surface area contributed by atoms with Gasteiger partial charge in [-0.3, -0.25) is 4.79 Å². The van der Waals surface area contributed by atoms with Crippen LogP contribution in [-0.2, 0) is 9.53 Å². The van der Waals surface area contributed by atoms with Gasteiger partial charge in [-0.25, -0.2) is 4.79 Å². The van der Waals surface area contributed by atoms with E-state index in [1.165, 1.54) is 19.1 Å². The maximum atomic E-state index is 11.4. The van der Waals surface area contributed by atoms with Gasteiger partial charge in [0.15, 0.2) is 12.4 Å². The zero-order valence-electron chi connectivity index (χ0n) is 9.91. The number of hydrogen-bond acceptors (Lipinski definition) is 4. The lowest BCUT2D eigenvalue weighted by Gasteiger charge is -2.15. The van der Waals surface area contributed by atoms with Crippen LogP contribution in [0.3, 0.4) is 0 Å². The largest absolute Gasteiger partial charge is 0.477 e. The highest BCUT2D eigenvalue weighted by Gasteiger charge is 2.19. The van der Waals surface area contributed by atoms with Crippen LogP contribution in [0.1, 0.15) is 24.2 Å². The van der Waals surface area contributed by atoms with E-state index in [2.05, 4.69) is 0 Å². The van der Waals surface area contributed by atoms with Crippen LogP contribution >= 0.6 is 23.2 Å². The first-order valence-corrected chi connectivity index (χ1v) is 6.03. The van der Waals surface area contributed by atoms with Crippen molar-refractivity contribution in [3.63, 3.8) is 0 Å². The molecule has 6 heteroatoms. The summed E-state index contributed by atoms with van der Waals surface area (Å²) in [5.74, 6) is -0.267. The van der Waals surface area contributed by atoms with Crippen LogP contribution in [0.5, 0.6) is 5.75 Å². The highest BCUT2D eigenvalue weighted by atomic mass is 35.5. The molecular formula is C12H12Cl2O4. The molecule has 0 spiro atoms. The normalized spacial score (nSPS) is 11.8. The van der Waals surface area contributed by atoms with Crippen LogP contribution in [0, 0.1) is 0 Å². The fourth-order valence-corrected chi connectivity index (χ4v) is 1.64. The Morgan fingerprint density at radius 2 is 2.06 bits per heavy atom. The van der Waals surface area contributed by atoms with E-state index in [9.17, 15) is 9.59 Å². The topological polar surface area (TPSA) is 52.6 Å². The van der Waals surface area contributed by atoms with Crippen molar-refractivity contribution < 1.29 is 19.1 Å². The fraction of sp³-hybridized carbons (Fsp3) is 0.333. The minimum Gasteiger partial charge on any atom is -0.477 e. The molecule has 1 aromatic rings. The molecule has 1 atom stereocenters. The molecule has 0 amide bonds. The van der Waals surface area contributed by atoms with Crippen molar-refractivity contribution in [1.29, 1.82) is 0 Å². The Morgan fingerprint density at radius 3 is 2.61 bits per heavy atom. The molecule has 0 heterocycles. The van der Waals surface area contributed by atoms with Crippen LogP contribution in [0.15, 0.2) is 12.1 Å². The second-order valence-electron chi connectivity index (χ2n) is 3.41. The zero-order valence-corrected chi connectivity index (χ0v) is 11.4. The molecular weight excluding hydrogens is 279 g/mol. The van der Waals surface area contributed by atoms with Gasteiger partial charge in [0, 0.05) is 5.56 Å². The summed E-state index contributed by atoms with van der Waals surface area (Å²) < 4.78 is 10.1. The monoisotopic (exact) mass is 290 g/mol. The van der Waals surface area contributed by atoms with Crippen LogP contribution in [0.4, 0.5) is 0 Å². The van der Waals surface area contributed by atoms with Gasteiger partial charge >= 0.3 is 5.97 Å². The third-order valence-corrected chi connectivity index (χ3v) is 3.01. The van der Waals surface area contributed by atoms with Crippen molar-refractivity contribution in [3.8, 4) is 5.75 Å². The van der Waals surface area contributed by atoms with Gasteiger partial charge in [0.05, 0.1) is 11.6 Å². The summed E-state index contributed by atoms with van der Waals surface area (Å²) in [6, 6.07) is 2.95. The molecule has 0 N–H and O–H groups in total. The van der Waals surface area contributed by atoms with E-state index < -0.39 is 12.1 Å². The summed E-state index contributed by atoms with van der Waals surface area (Å²) >= 11 is 11.8. The van der Waals surface area contributed by atoms with Gasteiger partial charge in [-0.05, 0) is 26.0 Å². The number of benzene rings is 1. The summed E-state index contributed by atoms with van der Waals surface area (Å²) in [5.41, 5.74) is 0.262. The molecule has 0 fully saturated rings. The molecule has 0 radical (unpaired) electrons. The van der Waals surface area contributed by atoms with Crippen LogP contribution in [0.2, 0.25) is 10.0 Å². The summed E-state index contributed by atoms with van der Waals surface area (Å²) in [5, 5.41) is 0.192. The van der Waals surface area contributed by atoms with E-state index in [1.54, 1.807) is 6.92 Å². The maximum absolute atomic E-state index is 11.4. The second-order valence-corrected chi connectivity index (χ2v) is 4.17. The molecule has 98 valence electrons. The first-order valence-electron chi connectivity index (χ1n) is 5.27. The molecule has 1 rings (SSSR count). The summed E-state index contributed by atoms with van der Waals surface area (Å²) in [6.45, 7) is 3.51. The van der Waals surface area contributed by atoms with E-state index >= 15 is 0 Å². The number of carbonyl (C=O) groups is 2. The molecule has 0 saturated heterocycles. The zero-order chi connectivity index (χ0) is 13.7. The Bertz CT molecular complexity index is 460. The van der Waals surface area contributed by atoms with E-state index in [1.807, 2.05) is 0 Å². The molecule has 18 heavy (non-hydrogen) atoms. The van der Waals surface area contributed by atoms with E-state index in [4.69, 9.17) is 32.7 Å². The second kappa shape index (κ2) is 6.61. The molecule has 0 aliphatic carbocycles. The Balaban J connectivity index is 2.89. The van der Waals surface area contributed by atoms with Gasteiger partial charge in [0.1, 0.15) is 10.8 Å². The molecule has 0 saturated carbocycles. The SMILES string of the molecule is CCOC(=O)[C@@H](C)Oc1ccc(C=O)c(Cl)c1Cl. The lowest BCUT2D eigenvalue weighted by atomic mass is 10.2. The molecule has 0 aliphatic heterocycles. The van der Waals surface area contributed by atoms with E-state index in [0.29, 0.717) is 6.29 Å². The standard InChI is InChI=1S/C12H12Cl2O4/c1-3-17-12(16)7(2)18-9-5-4-8(6-15)10(13)11(9)14/h4-7H,3H2,1-2H3/t7-/m1/s1. The van der Waals surface area contributed by atoms with Crippen molar-refractivity contribution >= 4 is 35.5 Å². The lowest BCUT2D eigenvalue weighted by Crippen LogP contribution is -2.26. The fourth-order valence-electron chi connectivity index (χ4n) is 1.23. The number of aldehydes is 1. The van der Waals surface area contributed by atoms with Crippen LogP contribution < -0.4 is 4.74 Å². The highest BCUT2D eigenvalue weighted by Crippen LogP contribution is 2.34. The van der Waals surface area contributed by atoms with Crippen molar-refractivity contribution in [2.24, 2.45) is 0 Å². The van der Waals surface area contributed by atoms with Gasteiger partial charge in [-0.1, -0.05) is 23.2 Å². The Kier molecular flexibility index (Phi) is 5.44. The molecule has 1 aromatic carbocycles. The Labute approximate surface area is 115 Å². The highest BCUT2D eigenvalue weighted by molar-refractivity contribution is 6.44. The first kappa shape index (κ1) is 14.8. The van der Waals surface area contributed by atoms with E-state index in [-0.39, 0.29) is 28.0 Å². The number of carbonyl (C=O) groups excluding carboxylic acids is 2. The number of esters is 1. The quantitative estimate of drug-likeness (QED) is 0.617. The van der Waals surface area contributed by atoms with Gasteiger partial charge < -0.3 is 9.47 Å². The minimum atomic E-state index is -0.805. The third kappa shape index (κ3) is 3.37. The van der Waals surface area contributed by atoms with Gasteiger partial charge in [0.25, 0.3) is 0 Å². The maximum Gasteiger partial charge on any atom is 0.347 e. The molecule has 4 nitrogen and oxygen atoms in total. The third-order valence-electron chi connectivity index (χ3n) is 2.13. The van der Waals surface area contributed by atoms with Crippen molar-refractivity contribution in [2.75, 3.05) is 6.61 Å². The average Bonchev–Trinajstić information content (AvgIpc) is 2.35. The number of rotatable bonds is 5. The molecule has 0 bridgehead atoms. The van der Waals surface area contributed by atoms with Crippen molar-refractivity contribution in [2.45, 2.75) is 20.0 Å². The van der Waals surface area contributed by atoms with Crippen LogP contribution in [-0.4, -0.2) is 25.0 Å². The van der Waals surface area contributed by atoms with Crippen molar-refractivity contribution in [3.05, 3.63) is 27.7 Å².